The smallest absolute Gasteiger partial charge is 0.0967 e. The van der Waals surface area contributed by atoms with Gasteiger partial charge in [0.25, 0.3) is 0 Å². The summed E-state index contributed by atoms with van der Waals surface area (Å²) in [6.07, 6.45) is 6.49. The maximum Gasteiger partial charge on any atom is 0.0967 e. The molecule has 0 amide bonds. The lowest BCUT2D eigenvalue weighted by Crippen LogP contribution is -2.51. The van der Waals surface area contributed by atoms with E-state index in [1.807, 2.05) is 0 Å². The number of benzene rings is 1. The van der Waals surface area contributed by atoms with Crippen LogP contribution in [0.3, 0.4) is 0 Å². The van der Waals surface area contributed by atoms with Gasteiger partial charge in [0.2, 0.25) is 0 Å². The van der Waals surface area contributed by atoms with E-state index in [1.54, 1.807) is 0 Å². The first-order valence-electron chi connectivity index (χ1n) is 8.58. The second kappa shape index (κ2) is 5.40. The van der Waals surface area contributed by atoms with Gasteiger partial charge in [-0.3, -0.25) is 0 Å². The van der Waals surface area contributed by atoms with Crippen molar-refractivity contribution >= 4 is 0 Å². The molecule has 3 N–H and O–H groups in total. The summed E-state index contributed by atoms with van der Waals surface area (Å²) in [6.45, 7) is 5.14. The molecule has 2 heteroatoms. The maximum absolute atomic E-state index is 11.7. The number of aliphatic hydroxyl groups is 1. The van der Waals surface area contributed by atoms with Crippen molar-refractivity contribution < 1.29 is 5.11 Å². The number of nitrogens with two attached hydrogens (primary N) is 1. The quantitative estimate of drug-likeness (QED) is 0.885. The summed E-state index contributed by atoms with van der Waals surface area (Å²) in [6, 6.07) is 8.50. The van der Waals surface area contributed by atoms with E-state index in [-0.39, 0.29) is 5.41 Å². The number of hydrogen-bond donors (Lipinski definition) is 2. The van der Waals surface area contributed by atoms with Crippen LogP contribution in [0.2, 0.25) is 0 Å². The van der Waals surface area contributed by atoms with Crippen LogP contribution in [0.5, 0.6) is 0 Å². The molecule has 0 bridgehead atoms. The molecule has 1 saturated carbocycles. The van der Waals surface area contributed by atoms with Crippen molar-refractivity contribution in [2.75, 3.05) is 6.54 Å². The highest BCUT2D eigenvalue weighted by Crippen LogP contribution is 2.58. The minimum atomic E-state index is -0.727. The standard InChI is InChI=1S/C19H29NO/c1-3-15-9-10-18(12-15,13-20)19(21)11-8-14(2)16-6-4-5-7-17(16)19/h4-7,14-15,21H,3,8-13,20H2,1-2H3. The molecule has 0 radical (unpaired) electrons. The monoisotopic (exact) mass is 287 g/mol. The molecule has 1 aromatic carbocycles. The van der Waals surface area contributed by atoms with E-state index in [4.69, 9.17) is 5.73 Å². The normalized spacial score (nSPS) is 39.2. The Morgan fingerprint density at radius 3 is 2.67 bits per heavy atom. The number of fused-ring (bicyclic) bond motifs is 1. The first kappa shape index (κ1) is 15.1. The molecule has 2 nitrogen and oxygen atoms in total. The zero-order valence-electron chi connectivity index (χ0n) is 13.4. The van der Waals surface area contributed by atoms with Crippen molar-refractivity contribution in [2.45, 2.75) is 63.9 Å². The van der Waals surface area contributed by atoms with Crippen LogP contribution < -0.4 is 5.73 Å². The summed E-state index contributed by atoms with van der Waals surface area (Å²) in [4.78, 5) is 0. The van der Waals surface area contributed by atoms with Crippen LogP contribution in [-0.2, 0) is 5.60 Å². The highest BCUT2D eigenvalue weighted by molar-refractivity contribution is 5.39. The van der Waals surface area contributed by atoms with Crippen LogP contribution in [0.4, 0.5) is 0 Å². The van der Waals surface area contributed by atoms with Gasteiger partial charge < -0.3 is 10.8 Å². The van der Waals surface area contributed by atoms with Gasteiger partial charge in [-0.15, -0.1) is 0 Å². The number of hydrogen-bond acceptors (Lipinski definition) is 2. The van der Waals surface area contributed by atoms with E-state index in [1.165, 1.54) is 18.4 Å². The van der Waals surface area contributed by atoms with Gasteiger partial charge >= 0.3 is 0 Å². The Hall–Kier alpha value is -0.860. The lowest BCUT2D eigenvalue weighted by Gasteiger charge is -2.49. The molecule has 116 valence electrons. The minimum absolute atomic E-state index is 0.121. The first-order chi connectivity index (χ1) is 10.1. The van der Waals surface area contributed by atoms with Gasteiger partial charge in [-0.2, -0.15) is 0 Å². The van der Waals surface area contributed by atoms with E-state index in [2.05, 4.69) is 38.1 Å². The van der Waals surface area contributed by atoms with Crippen molar-refractivity contribution in [1.82, 2.24) is 0 Å². The third-order valence-electron chi connectivity index (χ3n) is 6.43. The molecule has 2 aliphatic rings. The largest absolute Gasteiger partial charge is 0.385 e. The Morgan fingerprint density at radius 1 is 1.24 bits per heavy atom. The van der Waals surface area contributed by atoms with Crippen LogP contribution >= 0.6 is 0 Å². The minimum Gasteiger partial charge on any atom is -0.385 e. The average Bonchev–Trinajstić information content (AvgIpc) is 2.97. The van der Waals surface area contributed by atoms with Crippen LogP contribution in [0, 0.1) is 11.3 Å². The number of rotatable bonds is 3. The van der Waals surface area contributed by atoms with E-state index >= 15 is 0 Å². The molecule has 1 aromatic rings. The van der Waals surface area contributed by atoms with E-state index in [0.29, 0.717) is 12.5 Å². The molecular weight excluding hydrogens is 258 g/mol. The molecule has 0 heterocycles. The van der Waals surface area contributed by atoms with Gasteiger partial charge in [-0.1, -0.05) is 44.5 Å². The van der Waals surface area contributed by atoms with Crippen molar-refractivity contribution in [1.29, 1.82) is 0 Å². The fourth-order valence-electron chi connectivity index (χ4n) is 4.89. The van der Waals surface area contributed by atoms with Crippen LogP contribution in [0.15, 0.2) is 24.3 Å². The van der Waals surface area contributed by atoms with Gasteiger partial charge in [0.1, 0.15) is 0 Å². The lowest BCUT2D eigenvalue weighted by molar-refractivity contribution is -0.101. The molecule has 4 unspecified atom stereocenters. The van der Waals surface area contributed by atoms with Crippen molar-refractivity contribution in [3.63, 3.8) is 0 Å². The molecule has 1 fully saturated rings. The van der Waals surface area contributed by atoms with Crippen LogP contribution in [0.1, 0.15) is 69.4 Å². The van der Waals surface area contributed by atoms with Crippen molar-refractivity contribution in [3.05, 3.63) is 35.4 Å². The molecular formula is C19H29NO. The predicted molar refractivity (Wildman–Crippen MR) is 87.1 cm³/mol. The fraction of sp³-hybridized carbons (Fsp3) is 0.684. The van der Waals surface area contributed by atoms with Crippen molar-refractivity contribution in [3.8, 4) is 0 Å². The predicted octanol–water partition coefficient (Wildman–Crippen LogP) is 3.93. The summed E-state index contributed by atoms with van der Waals surface area (Å²) in [7, 11) is 0. The summed E-state index contributed by atoms with van der Waals surface area (Å²) in [5.41, 5.74) is 7.88. The second-order valence-electron chi connectivity index (χ2n) is 7.39. The fourth-order valence-corrected chi connectivity index (χ4v) is 4.89. The van der Waals surface area contributed by atoms with E-state index in [9.17, 15) is 5.11 Å². The Labute approximate surface area is 128 Å². The SMILES string of the molecule is CCC1CCC(CN)(C2(O)CCC(C)c3ccccc32)C1. The zero-order chi connectivity index (χ0) is 15.1. The van der Waals surface area contributed by atoms with Crippen LogP contribution in [-0.4, -0.2) is 11.7 Å². The molecule has 21 heavy (non-hydrogen) atoms. The Morgan fingerprint density at radius 2 is 2.00 bits per heavy atom. The molecule has 0 saturated heterocycles. The summed E-state index contributed by atoms with van der Waals surface area (Å²) >= 11 is 0. The second-order valence-corrected chi connectivity index (χ2v) is 7.39. The highest BCUT2D eigenvalue weighted by Gasteiger charge is 2.55. The molecule has 0 aliphatic heterocycles. The first-order valence-corrected chi connectivity index (χ1v) is 8.58. The van der Waals surface area contributed by atoms with Gasteiger partial charge in [-0.05, 0) is 55.1 Å². The van der Waals surface area contributed by atoms with E-state index < -0.39 is 5.60 Å². The molecule has 0 aromatic heterocycles. The van der Waals surface area contributed by atoms with Gasteiger partial charge in [-0.25, -0.2) is 0 Å². The molecule has 3 rings (SSSR count). The van der Waals surface area contributed by atoms with Crippen molar-refractivity contribution in [2.24, 2.45) is 17.1 Å². The Bertz CT molecular complexity index is 514. The topological polar surface area (TPSA) is 46.2 Å². The Kier molecular flexibility index (Phi) is 3.87. The summed E-state index contributed by atoms with van der Waals surface area (Å²) in [5, 5.41) is 11.7. The molecule has 0 spiro atoms. The lowest BCUT2D eigenvalue weighted by atomic mass is 9.60. The maximum atomic E-state index is 11.7. The average molecular weight is 287 g/mol. The highest BCUT2D eigenvalue weighted by atomic mass is 16.3. The van der Waals surface area contributed by atoms with E-state index in [0.717, 1.165) is 37.2 Å². The Balaban J connectivity index is 2.06. The van der Waals surface area contributed by atoms with Gasteiger partial charge in [0.15, 0.2) is 0 Å². The third-order valence-corrected chi connectivity index (χ3v) is 6.43. The molecule has 4 atom stereocenters. The van der Waals surface area contributed by atoms with Gasteiger partial charge in [0.05, 0.1) is 5.60 Å². The van der Waals surface area contributed by atoms with Crippen LogP contribution in [0.25, 0.3) is 0 Å². The summed E-state index contributed by atoms with van der Waals surface area (Å²) in [5.74, 6) is 1.27. The summed E-state index contributed by atoms with van der Waals surface area (Å²) < 4.78 is 0. The third kappa shape index (κ3) is 2.15. The zero-order valence-corrected chi connectivity index (χ0v) is 13.4. The van der Waals surface area contributed by atoms with Gasteiger partial charge in [0, 0.05) is 12.0 Å². The molecule has 2 aliphatic carbocycles.